The zero-order chi connectivity index (χ0) is 23.5. The third-order valence-electron chi connectivity index (χ3n) is 6.41. The van der Waals surface area contributed by atoms with E-state index in [-0.39, 0.29) is 25.1 Å². The average Bonchev–Trinajstić information content (AvgIpc) is 3.22. The molecular formula is C27H29N3O3. The SMILES string of the molecule is Cc1ccc(C(c2ccc3c(nnn3C)c2C)C(C)C(=O)OCc2ccccc2)cc1CO. The number of aliphatic hydroxyl groups excluding tert-OH is 1. The normalized spacial score (nSPS) is 13.1. The fourth-order valence-corrected chi connectivity index (χ4v) is 4.37. The summed E-state index contributed by atoms with van der Waals surface area (Å²) in [5.74, 6) is -0.977. The maximum atomic E-state index is 13.2. The van der Waals surface area contributed by atoms with E-state index in [0.29, 0.717) is 0 Å². The van der Waals surface area contributed by atoms with E-state index in [1.807, 2.05) is 88.5 Å². The quantitative estimate of drug-likeness (QED) is 0.423. The Hall–Kier alpha value is -3.51. The van der Waals surface area contributed by atoms with Crippen LogP contribution in [-0.4, -0.2) is 26.1 Å². The zero-order valence-electron chi connectivity index (χ0n) is 19.4. The molecule has 0 amide bonds. The van der Waals surface area contributed by atoms with Crippen molar-refractivity contribution in [2.45, 2.75) is 39.9 Å². The van der Waals surface area contributed by atoms with Crippen LogP contribution in [0.2, 0.25) is 0 Å². The molecule has 1 aromatic heterocycles. The summed E-state index contributed by atoms with van der Waals surface area (Å²) in [5, 5.41) is 18.3. The van der Waals surface area contributed by atoms with Gasteiger partial charge in [-0.05, 0) is 53.3 Å². The molecule has 6 nitrogen and oxygen atoms in total. The number of aryl methyl sites for hydroxylation is 3. The first kappa shape index (κ1) is 22.7. The molecule has 2 unspecified atom stereocenters. The molecule has 0 aliphatic heterocycles. The van der Waals surface area contributed by atoms with Crippen LogP contribution < -0.4 is 0 Å². The molecule has 2 atom stereocenters. The van der Waals surface area contributed by atoms with Crippen LogP contribution in [-0.2, 0) is 29.8 Å². The molecule has 1 heterocycles. The minimum absolute atomic E-state index is 0.0542. The van der Waals surface area contributed by atoms with Crippen molar-refractivity contribution in [3.8, 4) is 0 Å². The highest BCUT2D eigenvalue weighted by Crippen LogP contribution is 2.37. The van der Waals surface area contributed by atoms with Crippen LogP contribution >= 0.6 is 0 Å². The van der Waals surface area contributed by atoms with Gasteiger partial charge < -0.3 is 9.84 Å². The van der Waals surface area contributed by atoms with E-state index in [0.717, 1.165) is 44.4 Å². The number of ether oxygens (including phenoxy) is 1. The van der Waals surface area contributed by atoms with Gasteiger partial charge in [-0.2, -0.15) is 0 Å². The van der Waals surface area contributed by atoms with Crippen molar-refractivity contribution in [3.05, 3.63) is 94.0 Å². The number of nitrogens with zero attached hydrogens (tertiary/aromatic N) is 3. The Labute approximate surface area is 193 Å². The van der Waals surface area contributed by atoms with Crippen molar-refractivity contribution >= 4 is 17.0 Å². The smallest absolute Gasteiger partial charge is 0.309 e. The van der Waals surface area contributed by atoms with E-state index in [9.17, 15) is 9.90 Å². The molecule has 0 fully saturated rings. The van der Waals surface area contributed by atoms with Crippen molar-refractivity contribution in [2.24, 2.45) is 13.0 Å². The second kappa shape index (κ2) is 9.55. The minimum atomic E-state index is -0.448. The van der Waals surface area contributed by atoms with Crippen molar-refractivity contribution in [3.63, 3.8) is 0 Å². The Morgan fingerprint density at radius 2 is 1.85 bits per heavy atom. The third-order valence-corrected chi connectivity index (χ3v) is 6.41. The summed E-state index contributed by atoms with van der Waals surface area (Å²) < 4.78 is 7.45. The maximum absolute atomic E-state index is 13.2. The van der Waals surface area contributed by atoms with E-state index >= 15 is 0 Å². The van der Waals surface area contributed by atoms with Crippen molar-refractivity contribution in [2.75, 3.05) is 0 Å². The van der Waals surface area contributed by atoms with Crippen LogP contribution in [0.25, 0.3) is 11.0 Å². The van der Waals surface area contributed by atoms with E-state index in [1.165, 1.54) is 0 Å². The van der Waals surface area contributed by atoms with Crippen LogP contribution in [0.5, 0.6) is 0 Å². The van der Waals surface area contributed by atoms with E-state index < -0.39 is 5.92 Å². The van der Waals surface area contributed by atoms with Gasteiger partial charge in [-0.25, -0.2) is 4.68 Å². The minimum Gasteiger partial charge on any atom is -0.461 e. The lowest BCUT2D eigenvalue weighted by Crippen LogP contribution is -2.24. The van der Waals surface area contributed by atoms with Gasteiger partial charge in [0.25, 0.3) is 0 Å². The Morgan fingerprint density at radius 1 is 1.09 bits per heavy atom. The lowest BCUT2D eigenvalue weighted by molar-refractivity contribution is -0.149. The maximum Gasteiger partial charge on any atom is 0.309 e. The standard InChI is InChI=1S/C27H29N3O3/c1-17-10-11-21(14-22(17)15-31)25(19(3)27(32)33-16-20-8-6-5-7-9-20)23-12-13-24-26(18(23)2)28-29-30(24)4/h5-14,19,25,31H,15-16H2,1-4H3. The number of carbonyl (C=O) groups is 1. The van der Waals surface area contributed by atoms with Crippen LogP contribution in [0.15, 0.2) is 60.7 Å². The summed E-state index contributed by atoms with van der Waals surface area (Å²) in [6.07, 6.45) is 0. The first-order chi connectivity index (χ1) is 15.9. The molecule has 0 saturated carbocycles. The number of hydrogen-bond donors (Lipinski definition) is 1. The number of carbonyl (C=O) groups excluding carboxylic acids is 1. The number of aliphatic hydroxyl groups is 1. The largest absolute Gasteiger partial charge is 0.461 e. The predicted molar refractivity (Wildman–Crippen MR) is 128 cm³/mol. The molecule has 0 spiro atoms. The summed E-state index contributed by atoms with van der Waals surface area (Å²) in [4.78, 5) is 13.2. The topological polar surface area (TPSA) is 77.2 Å². The number of rotatable bonds is 7. The molecule has 0 aliphatic carbocycles. The number of aromatic nitrogens is 3. The van der Waals surface area contributed by atoms with E-state index in [1.54, 1.807) is 4.68 Å². The Morgan fingerprint density at radius 3 is 2.58 bits per heavy atom. The Balaban J connectivity index is 1.74. The number of benzene rings is 3. The molecule has 4 aromatic rings. The highest BCUT2D eigenvalue weighted by molar-refractivity contribution is 5.81. The molecular weight excluding hydrogens is 414 g/mol. The van der Waals surface area contributed by atoms with Gasteiger partial charge in [0.15, 0.2) is 0 Å². The second-order valence-electron chi connectivity index (χ2n) is 8.56. The number of fused-ring (bicyclic) bond motifs is 1. The van der Waals surface area contributed by atoms with Crippen molar-refractivity contribution in [1.82, 2.24) is 15.0 Å². The average molecular weight is 444 g/mol. The fraction of sp³-hybridized carbons (Fsp3) is 0.296. The number of hydrogen-bond acceptors (Lipinski definition) is 5. The summed E-state index contributed by atoms with van der Waals surface area (Å²) in [5.41, 5.74) is 7.51. The molecule has 170 valence electrons. The third kappa shape index (κ3) is 4.52. The van der Waals surface area contributed by atoms with Gasteiger partial charge in [0, 0.05) is 13.0 Å². The lowest BCUT2D eigenvalue weighted by Gasteiger charge is -2.26. The fourth-order valence-electron chi connectivity index (χ4n) is 4.37. The van der Waals surface area contributed by atoms with Gasteiger partial charge in [-0.3, -0.25) is 4.79 Å². The molecule has 6 heteroatoms. The molecule has 0 saturated heterocycles. The molecule has 0 bridgehead atoms. The van der Waals surface area contributed by atoms with Crippen LogP contribution in [0, 0.1) is 19.8 Å². The zero-order valence-corrected chi connectivity index (χ0v) is 19.4. The van der Waals surface area contributed by atoms with Gasteiger partial charge in [-0.1, -0.05) is 66.7 Å². The Bertz CT molecular complexity index is 1280. The van der Waals surface area contributed by atoms with Gasteiger partial charge in [0.1, 0.15) is 12.1 Å². The van der Waals surface area contributed by atoms with Crippen molar-refractivity contribution in [1.29, 1.82) is 0 Å². The molecule has 0 radical (unpaired) electrons. The van der Waals surface area contributed by atoms with Gasteiger partial charge in [0.05, 0.1) is 18.0 Å². The number of esters is 1. The molecule has 33 heavy (non-hydrogen) atoms. The Kier molecular flexibility index (Phi) is 6.56. The van der Waals surface area contributed by atoms with Crippen molar-refractivity contribution < 1.29 is 14.6 Å². The monoisotopic (exact) mass is 443 g/mol. The first-order valence-electron chi connectivity index (χ1n) is 11.1. The highest BCUT2D eigenvalue weighted by atomic mass is 16.5. The molecule has 0 aliphatic rings. The summed E-state index contributed by atoms with van der Waals surface area (Å²) in [6.45, 7) is 6.06. The van der Waals surface area contributed by atoms with Crippen LogP contribution in [0.4, 0.5) is 0 Å². The molecule has 4 rings (SSSR count). The van der Waals surface area contributed by atoms with Crippen LogP contribution in [0.3, 0.4) is 0 Å². The second-order valence-corrected chi connectivity index (χ2v) is 8.56. The van der Waals surface area contributed by atoms with Gasteiger partial charge >= 0.3 is 5.97 Å². The van der Waals surface area contributed by atoms with E-state index in [4.69, 9.17) is 4.74 Å². The first-order valence-corrected chi connectivity index (χ1v) is 11.1. The summed E-state index contributed by atoms with van der Waals surface area (Å²) >= 11 is 0. The highest BCUT2D eigenvalue weighted by Gasteiger charge is 2.31. The molecule has 1 N–H and O–H groups in total. The summed E-state index contributed by atoms with van der Waals surface area (Å²) in [6, 6.07) is 19.7. The van der Waals surface area contributed by atoms with Crippen LogP contribution in [0.1, 0.15) is 46.2 Å². The lowest BCUT2D eigenvalue weighted by atomic mass is 9.79. The molecule has 3 aromatic carbocycles. The van der Waals surface area contributed by atoms with Gasteiger partial charge in [0.2, 0.25) is 0 Å². The summed E-state index contributed by atoms with van der Waals surface area (Å²) in [7, 11) is 1.86. The predicted octanol–water partition coefficient (Wildman–Crippen LogP) is 4.59. The van der Waals surface area contributed by atoms with E-state index in [2.05, 4.69) is 10.3 Å². The van der Waals surface area contributed by atoms with Gasteiger partial charge in [-0.15, -0.1) is 5.10 Å².